The average Bonchev–Trinajstić information content (AvgIpc) is 3.13. The highest BCUT2D eigenvalue weighted by Crippen LogP contribution is 2.37. The van der Waals surface area contributed by atoms with Crippen LogP contribution in [0.1, 0.15) is 16.2 Å². The Balaban J connectivity index is 1.88. The summed E-state index contributed by atoms with van der Waals surface area (Å²) in [7, 11) is 2.86. The molecule has 1 aliphatic rings. The summed E-state index contributed by atoms with van der Waals surface area (Å²) in [6.45, 7) is 1.23. The van der Waals surface area contributed by atoms with E-state index >= 15 is 0 Å². The number of carbonyl (C=O) groups is 1. The summed E-state index contributed by atoms with van der Waals surface area (Å²) >= 11 is 6.32. The van der Waals surface area contributed by atoms with Crippen molar-refractivity contribution in [3.63, 3.8) is 0 Å². The zero-order valence-corrected chi connectivity index (χ0v) is 17.8. The lowest BCUT2D eigenvalue weighted by molar-refractivity contribution is -0.142. The third-order valence-corrected chi connectivity index (χ3v) is 5.35. The van der Waals surface area contributed by atoms with E-state index in [9.17, 15) is 18.0 Å². The van der Waals surface area contributed by atoms with Crippen molar-refractivity contribution in [2.75, 3.05) is 40.5 Å². The van der Waals surface area contributed by atoms with Crippen LogP contribution in [0.2, 0.25) is 5.02 Å². The van der Waals surface area contributed by atoms with Gasteiger partial charge in [-0.2, -0.15) is 18.3 Å². The second-order valence-corrected chi connectivity index (χ2v) is 7.27. The molecule has 0 bridgehead atoms. The van der Waals surface area contributed by atoms with Gasteiger partial charge in [0.15, 0.2) is 28.5 Å². The lowest BCUT2D eigenvalue weighted by Crippen LogP contribution is -2.41. The molecule has 1 fully saturated rings. The molecule has 1 aliphatic heterocycles. The lowest BCUT2D eigenvalue weighted by atomic mass is 10.1. The Morgan fingerprint density at radius 1 is 1.12 bits per heavy atom. The quantitative estimate of drug-likeness (QED) is 0.580. The van der Waals surface area contributed by atoms with Gasteiger partial charge in [0.2, 0.25) is 0 Å². The highest BCUT2D eigenvalue weighted by Gasteiger charge is 2.37. The molecule has 0 aliphatic carbocycles. The third-order valence-electron chi connectivity index (χ3n) is 5.00. The molecule has 1 amide bonds. The summed E-state index contributed by atoms with van der Waals surface area (Å²) in [5.41, 5.74) is -1.36. The molecular formula is C20H18ClF3N4O4. The number of rotatable bonds is 4. The van der Waals surface area contributed by atoms with Gasteiger partial charge in [-0.15, -0.1) is 0 Å². The molecule has 1 aromatic carbocycles. The standard InChI is InChI=1S/C20H18ClF3N4O4/c1-30-13-4-3-11(9-14(13)31-2)12-10-15(20(22,23)24)28-18(25-12)16(21)17(26-28)19(29)27-5-7-32-8-6-27/h3-4,9-10H,5-8H2,1-2H3. The number of methoxy groups -OCH3 is 2. The van der Waals surface area contributed by atoms with E-state index in [0.29, 0.717) is 47.9 Å². The van der Waals surface area contributed by atoms with Crippen LogP contribution in [-0.4, -0.2) is 65.9 Å². The predicted octanol–water partition coefficient (Wildman–Crippen LogP) is 3.56. The zero-order valence-electron chi connectivity index (χ0n) is 17.1. The SMILES string of the molecule is COc1ccc(-c2cc(C(F)(F)F)n3nc(C(=O)N4CCOCC4)c(Cl)c3n2)cc1OC. The number of amides is 1. The molecular weight excluding hydrogens is 453 g/mol. The molecule has 0 atom stereocenters. The first kappa shape index (κ1) is 22.2. The first-order chi connectivity index (χ1) is 15.2. The fourth-order valence-corrected chi connectivity index (χ4v) is 3.63. The maximum absolute atomic E-state index is 13.9. The molecule has 0 unspecified atom stereocenters. The number of hydrogen-bond acceptors (Lipinski definition) is 6. The van der Waals surface area contributed by atoms with Gasteiger partial charge in [-0.3, -0.25) is 4.79 Å². The molecule has 0 saturated carbocycles. The first-order valence-corrected chi connectivity index (χ1v) is 9.88. The molecule has 0 radical (unpaired) electrons. The van der Waals surface area contributed by atoms with Crippen molar-refractivity contribution in [3.05, 3.63) is 40.7 Å². The van der Waals surface area contributed by atoms with E-state index in [4.69, 9.17) is 25.8 Å². The van der Waals surface area contributed by atoms with Crippen LogP contribution in [0.5, 0.6) is 11.5 Å². The minimum Gasteiger partial charge on any atom is -0.493 e. The van der Waals surface area contributed by atoms with Crippen molar-refractivity contribution in [1.29, 1.82) is 0 Å². The van der Waals surface area contributed by atoms with Crippen LogP contribution < -0.4 is 9.47 Å². The van der Waals surface area contributed by atoms with Crippen LogP contribution in [0.25, 0.3) is 16.9 Å². The van der Waals surface area contributed by atoms with Gasteiger partial charge in [0.05, 0.1) is 33.1 Å². The van der Waals surface area contributed by atoms with Crippen molar-refractivity contribution in [2.24, 2.45) is 0 Å². The molecule has 3 heterocycles. The smallest absolute Gasteiger partial charge is 0.433 e. The summed E-state index contributed by atoms with van der Waals surface area (Å²) in [5.74, 6) is 0.154. The Bertz CT molecular complexity index is 1180. The van der Waals surface area contributed by atoms with Gasteiger partial charge in [0, 0.05) is 18.7 Å². The van der Waals surface area contributed by atoms with Crippen LogP contribution in [0.15, 0.2) is 24.3 Å². The molecule has 0 spiro atoms. The number of benzene rings is 1. The van der Waals surface area contributed by atoms with Gasteiger partial charge in [0.25, 0.3) is 5.91 Å². The van der Waals surface area contributed by atoms with E-state index in [1.807, 2.05) is 0 Å². The van der Waals surface area contributed by atoms with Gasteiger partial charge < -0.3 is 19.1 Å². The highest BCUT2D eigenvalue weighted by molar-refractivity contribution is 6.36. The van der Waals surface area contributed by atoms with Crippen LogP contribution in [0, 0.1) is 0 Å². The largest absolute Gasteiger partial charge is 0.493 e. The number of nitrogens with zero attached hydrogens (tertiary/aromatic N) is 4. The van der Waals surface area contributed by atoms with Crippen LogP contribution in [0.3, 0.4) is 0 Å². The molecule has 12 heteroatoms. The maximum atomic E-state index is 13.9. The maximum Gasteiger partial charge on any atom is 0.433 e. The fourth-order valence-electron chi connectivity index (χ4n) is 3.39. The number of ether oxygens (including phenoxy) is 3. The normalized spacial score (nSPS) is 14.6. The Kier molecular flexibility index (Phi) is 5.87. The Hall–Kier alpha value is -3.05. The molecule has 170 valence electrons. The van der Waals surface area contributed by atoms with Gasteiger partial charge in [-0.05, 0) is 24.3 Å². The van der Waals surface area contributed by atoms with Gasteiger partial charge in [-0.1, -0.05) is 11.6 Å². The molecule has 32 heavy (non-hydrogen) atoms. The van der Waals surface area contributed by atoms with Crippen molar-refractivity contribution in [1.82, 2.24) is 19.5 Å². The van der Waals surface area contributed by atoms with E-state index in [2.05, 4.69) is 10.1 Å². The van der Waals surface area contributed by atoms with Crippen LogP contribution in [-0.2, 0) is 10.9 Å². The number of aromatic nitrogens is 3. The van der Waals surface area contributed by atoms with Crippen LogP contribution >= 0.6 is 11.6 Å². The lowest BCUT2D eigenvalue weighted by Gasteiger charge is -2.26. The van der Waals surface area contributed by atoms with Gasteiger partial charge in [0.1, 0.15) is 5.02 Å². The Labute approximate surface area is 185 Å². The van der Waals surface area contributed by atoms with E-state index < -0.39 is 17.8 Å². The van der Waals surface area contributed by atoms with Gasteiger partial charge in [-0.25, -0.2) is 9.50 Å². The molecule has 4 rings (SSSR count). The molecule has 2 aromatic heterocycles. The summed E-state index contributed by atoms with van der Waals surface area (Å²) in [6, 6.07) is 5.45. The minimum atomic E-state index is -4.78. The first-order valence-electron chi connectivity index (χ1n) is 9.50. The second kappa shape index (κ2) is 8.47. The number of carbonyl (C=O) groups excluding carboxylic acids is 1. The predicted molar refractivity (Wildman–Crippen MR) is 108 cm³/mol. The number of morpholine rings is 1. The molecule has 3 aromatic rings. The minimum absolute atomic E-state index is 0.0158. The second-order valence-electron chi connectivity index (χ2n) is 6.90. The topological polar surface area (TPSA) is 78.2 Å². The van der Waals surface area contributed by atoms with E-state index in [1.54, 1.807) is 12.1 Å². The Morgan fingerprint density at radius 2 is 1.81 bits per heavy atom. The van der Waals surface area contributed by atoms with E-state index in [-0.39, 0.29) is 22.1 Å². The molecule has 0 N–H and O–H groups in total. The number of alkyl halides is 3. The summed E-state index contributed by atoms with van der Waals surface area (Å²) < 4.78 is 57.8. The molecule has 1 saturated heterocycles. The summed E-state index contributed by atoms with van der Waals surface area (Å²) in [6.07, 6.45) is -4.78. The number of hydrogen-bond donors (Lipinski definition) is 0. The number of fused-ring (bicyclic) bond motifs is 1. The average molecular weight is 471 g/mol. The summed E-state index contributed by atoms with van der Waals surface area (Å²) in [4.78, 5) is 18.5. The number of halogens is 4. The third kappa shape index (κ3) is 3.93. The monoisotopic (exact) mass is 470 g/mol. The highest BCUT2D eigenvalue weighted by atomic mass is 35.5. The fraction of sp³-hybridized carbons (Fsp3) is 0.350. The van der Waals surface area contributed by atoms with Gasteiger partial charge >= 0.3 is 6.18 Å². The Morgan fingerprint density at radius 3 is 2.44 bits per heavy atom. The van der Waals surface area contributed by atoms with E-state index in [0.717, 1.165) is 6.07 Å². The van der Waals surface area contributed by atoms with Crippen molar-refractivity contribution >= 4 is 23.2 Å². The molecule has 8 nitrogen and oxygen atoms in total. The summed E-state index contributed by atoms with van der Waals surface area (Å²) in [5, 5.41) is 3.62. The van der Waals surface area contributed by atoms with Crippen molar-refractivity contribution in [3.8, 4) is 22.8 Å². The van der Waals surface area contributed by atoms with Crippen molar-refractivity contribution < 1.29 is 32.2 Å². The van der Waals surface area contributed by atoms with E-state index in [1.165, 1.54) is 25.2 Å². The van der Waals surface area contributed by atoms with Crippen molar-refractivity contribution in [2.45, 2.75) is 6.18 Å². The zero-order chi connectivity index (χ0) is 23.0. The van der Waals surface area contributed by atoms with Crippen LogP contribution in [0.4, 0.5) is 13.2 Å².